The highest BCUT2D eigenvalue weighted by Gasteiger charge is 2.36. The Labute approximate surface area is 181 Å². The van der Waals surface area contributed by atoms with Gasteiger partial charge in [0.2, 0.25) is 5.91 Å². The maximum absolute atomic E-state index is 12.6. The van der Waals surface area contributed by atoms with Gasteiger partial charge in [-0.25, -0.2) is 0 Å². The Kier molecular flexibility index (Phi) is 6.04. The first-order valence-corrected chi connectivity index (χ1v) is 10.5. The molecule has 0 N–H and O–H groups in total. The number of amides is 3. The Balaban J connectivity index is 1.31. The van der Waals surface area contributed by atoms with Crippen LogP contribution in [0.25, 0.3) is 0 Å². The summed E-state index contributed by atoms with van der Waals surface area (Å²) in [6.45, 7) is 3.00. The molecule has 1 atom stereocenters. The van der Waals surface area contributed by atoms with Gasteiger partial charge in [0.05, 0.1) is 0 Å². The van der Waals surface area contributed by atoms with Crippen LogP contribution in [0.15, 0.2) is 54.6 Å². The molecule has 0 spiro atoms. The van der Waals surface area contributed by atoms with Crippen LogP contribution in [0.1, 0.15) is 17.5 Å². The van der Waals surface area contributed by atoms with E-state index >= 15 is 0 Å². The van der Waals surface area contributed by atoms with Gasteiger partial charge in [-0.05, 0) is 23.3 Å². The van der Waals surface area contributed by atoms with Crippen molar-refractivity contribution in [1.29, 1.82) is 0 Å². The molecule has 30 heavy (non-hydrogen) atoms. The molecule has 0 bridgehead atoms. The van der Waals surface area contributed by atoms with Crippen LogP contribution in [-0.2, 0) is 27.5 Å². The molecular weight excluding hydrogens is 402 g/mol. The second kappa shape index (κ2) is 8.88. The third kappa shape index (κ3) is 4.65. The Bertz CT molecular complexity index is 932. The summed E-state index contributed by atoms with van der Waals surface area (Å²) in [4.78, 5) is 42.6. The lowest BCUT2D eigenvalue weighted by Crippen LogP contribution is -2.55. The van der Waals surface area contributed by atoms with Crippen molar-refractivity contribution in [1.82, 2.24) is 14.7 Å². The molecule has 2 aliphatic heterocycles. The molecule has 0 radical (unpaired) electrons. The molecule has 7 heteroatoms. The van der Waals surface area contributed by atoms with Crippen LogP contribution in [0.5, 0.6) is 0 Å². The van der Waals surface area contributed by atoms with E-state index in [4.69, 9.17) is 11.6 Å². The Morgan fingerprint density at radius 1 is 0.767 bits per heavy atom. The number of carbonyl (C=O) groups excluding carboxylic acids is 3. The summed E-state index contributed by atoms with van der Waals surface area (Å²) in [7, 11) is 0. The number of hydrogen-bond donors (Lipinski definition) is 0. The minimum Gasteiger partial charge on any atom is -0.338 e. The third-order valence-electron chi connectivity index (χ3n) is 5.67. The molecule has 1 unspecified atom stereocenters. The van der Waals surface area contributed by atoms with Gasteiger partial charge in [0.15, 0.2) is 0 Å². The fourth-order valence-electron chi connectivity index (χ4n) is 4.09. The average molecular weight is 426 g/mol. The van der Waals surface area contributed by atoms with Gasteiger partial charge in [-0.3, -0.25) is 14.4 Å². The zero-order chi connectivity index (χ0) is 21.1. The zero-order valence-corrected chi connectivity index (χ0v) is 17.4. The van der Waals surface area contributed by atoms with E-state index < -0.39 is 11.8 Å². The number of nitrogens with zero attached hydrogens (tertiary/aromatic N) is 3. The van der Waals surface area contributed by atoms with Gasteiger partial charge in [0.25, 0.3) is 0 Å². The molecule has 4 rings (SSSR count). The lowest BCUT2D eigenvalue weighted by molar-refractivity contribution is -0.156. The lowest BCUT2D eigenvalue weighted by Gasteiger charge is -2.35. The fourth-order valence-corrected chi connectivity index (χ4v) is 4.22. The van der Waals surface area contributed by atoms with Crippen molar-refractivity contribution in [2.45, 2.75) is 19.5 Å². The van der Waals surface area contributed by atoms with E-state index in [1.165, 1.54) is 0 Å². The minimum atomic E-state index is -0.485. The molecular formula is C23H24ClN3O3. The Hall–Kier alpha value is -2.86. The van der Waals surface area contributed by atoms with Crippen molar-refractivity contribution in [2.24, 2.45) is 5.92 Å². The highest BCUT2D eigenvalue weighted by molar-refractivity contribution is 6.35. The van der Waals surface area contributed by atoms with Crippen LogP contribution in [0.2, 0.25) is 5.02 Å². The van der Waals surface area contributed by atoms with E-state index in [0.29, 0.717) is 50.7 Å². The van der Waals surface area contributed by atoms with Crippen molar-refractivity contribution in [3.8, 4) is 0 Å². The van der Waals surface area contributed by atoms with Crippen molar-refractivity contribution in [3.63, 3.8) is 0 Å². The maximum Gasteiger partial charge on any atom is 0.312 e. The van der Waals surface area contributed by atoms with Crippen LogP contribution in [0, 0.1) is 5.92 Å². The number of likely N-dealkylation sites (tertiary alicyclic amines) is 1. The predicted molar refractivity (Wildman–Crippen MR) is 113 cm³/mol. The van der Waals surface area contributed by atoms with Crippen molar-refractivity contribution >= 4 is 29.3 Å². The minimum absolute atomic E-state index is 0.0563. The first-order valence-electron chi connectivity index (χ1n) is 10.1. The molecule has 6 nitrogen and oxygen atoms in total. The molecule has 2 heterocycles. The summed E-state index contributed by atoms with van der Waals surface area (Å²) < 4.78 is 0. The summed E-state index contributed by atoms with van der Waals surface area (Å²) in [5.74, 6) is -0.810. The Morgan fingerprint density at radius 3 is 2.10 bits per heavy atom. The highest BCUT2D eigenvalue weighted by atomic mass is 35.5. The van der Waals surface area contributed by atoms with E-state index in [0.717, 1.165) is 11.1 Å². The summed E-state index contributed by atoms with van der Waals surface area (Å²) in [5, 5.41) is 0.637. The number of halogens is 1. The van der Waals surface area contributed by atoms with Gasteiger partial charge in [-0.15, -0.1) is 0 Å². The van der Waals surface area contributed by atoms with Crippen molar-refractivity contribution < 1.29 is 14.4 Å². The van der Waals surface area contributed by atoms with Crippen LogP contribution < -0.4 is 0 Å². The summed E-state index contributed by atoms with van der Waals surface area (Å²) in [6.07, 6.45) is 0.416. The second-order valence-electron chi connectivity index (χ2n) is 7.93. The van der Waals surface area contributed by atoms with Crippen LogP contribution in [0.3, 0.4) is 0 Å². The average Bonchev–Trinajstić information content (AvgIpc) is 3.09. The molecule has 2 aromatic rings. The third-order valence-corrected chi connectivity index (χ3v) is 5.93. The highest BCUT2D eigenvalue weighted by Crippen LogP contribution is 2.22. The van der Waals surface area contributed by atoms with E-state index in [1.54, 1.807) is 21.9 Å². The zero-order valence-electron chi connectivity index (χ0n) is 16.7. The van der Waals surface area contributed by atoms with E-state index in [2.05, 4.69) is 0 Å². The molecule has 156 valence electrons. The molecule has 2 aliphatic rings. The van der Waals surface area contributed by atoms with Crippen LogP contribution >= 0.6 is 11.6 Å². The van der Waals surface area contributed by atoms with Gasteiger partial charge < -0.3 is 14.7 Å². The van der Waals surface area contributed by atoms with Crippen LogP contribution in [-0.4, -0.2) is 58.6 Å². The van der Waals surface area contributed by atoms with Crippen molar-refractivity contribution in [3.05, 3.63) is 70.7 Å². The monoisotopic (exact) mass is 425 g/mol. The fraction of sp³-hybridized carbons (Fsp3) is 0.348. The van der Waals surface area contributed by atoms with Gasteiger partial charge in [-0.1, -0.05) is 54.1 Å². The smallest absolute Gasteiger partial charge is 0.312 e. The lowest BCUT2D eigenvalue weighted by atomic mass is 10.1. The number of rotatable bonds is 6. The van der Waals surface area contributed by atoms with Gasteiger partial charge in [0, 0.05) is 56.6 Å². The van der Waals surface area contributed by atoms with E-state index in [9.17, 15) is 14.4 Å². The molecule has 2 aromatic carbocycles. The number of carbonyl (C=O) groups is 3. The summed E-state index contributed by atoms with van der Waals surface area (Å²) >= 11 is 5.90. The number of benzene rings is 2. The van der Waals surface area contributed by atoms with Gasteiger partial charge in [-0.2, -0.15) is 0 Å². The van der Waals surface area contributed by atoms with Gasteiger partial charge >= 0.3 is 11.8 Å². The molecule has 0 aliphatic carbocycles. The normalized spacial score (nSPS) is 19.7. The van der Waals surface area contributed by atoms with E-state index in [1.807, 2.05) is 47.4 Å². The second-order valence-corrected chi connectivity index (χ2v) is 8.37. The topological polar surface area (TPSA) is 60.9 Å². The maximum atomic E-state index is 12.6. The standard InChI is InChI=1S/C23H24ClN3O3/c24-20-8-6-18(7-9-20)13-25-10-11-26(23(30)22(25)29)15-19-12-21(28)27(16-19)14-17-4-2-1-3-5-17/h1-9,19H,10-16H2. The molecule has 2 fully saturated rings. The van der Waals surface area contributed by atoms with E-state index in [-0.39, 0.29) is 11.8 Å². The first kappa shape index (κ1) is 20.4. The Morgan fingerprint density at radius 2 is 1.37 bits per heavy atom. The number of hydrogen-bond acceptors (Lipinski definition) is 3. The van der Waals surface area contributed by atoms with Crippen molar-refractivity contribution in [2.75, 3.05) is 26.2 Å². The summed E-state index contributed by atoms with van der Waals surface area (Å²) in [6, 6.07) is 17.1. The molecule has 0 saturated carbocycles. The molecule has 0 aromatic heterocycles. The summed E-state index contributed by atoms with van der Waals surface area (Å²) in [5.41, 5.74) is 2.03. The number of piperazine rings is 1. The molecule has 3 amide bonds. The van der Waals surface area contributed by atoms with Crippen LogP contribution in [0.4, 0.5) is 0 Å². The largest absolute Gasteiger partial charge is 0.338 e. The van der Waals surface area contributed by atoms with Gasteiger partial charge in [0.1, 0.15) is 0 Å². The quantitative estimate of drug-likeness (QED) is 0.668. The molecule has 2 saturated heterocycles. The predicted octanol–water partition coefficient (Wildman–Crippen LogP) is 2.56. The first-order chi connectivity index (χ1) is 14.5. The SMILES string of the molecule is O=C1CC(CN2CCN(Cc3ccc(Cl)cc3)C(=O)C2=O)CN1Cc1ccccc1.